The van der Waals surface area contributed by atoms with Gasteiger partial charge in [0, 0.05) is 5.92 Å². The number of nitrogens with two attached hydrogens (primary N) is 1. The SMILES string of the molecule is CC/C=C/C=C/C=C/C=C/C=C/CCCCCCCCCCCCCCC(CC)C(N)=O. The molecule has 2 nitrogen and oxygen atoms in total. The van der Waals surface area contributed by atoms with Crippen LogP contribution in [0, 0.1) is 5.92 Å². The second-order valence-corrected chi connectivity index (χ2v) is 8.75. The van der Waals surface area contributed by atoms with E-state index in [1.165, 1.54) is 77.0 Å². The van der Waals surface area contributed by atoms with Crippen molar-refractivity contribution in [2.45, 2.75) is 117 Å². The zero-order chi connectivity index (χ0) is 23.5. The molecule has 0 fully saturated rings. The number of amides is 1. The molecule has 0 heterocycles. The molecule has 0 spiro atoms. The Kier molecular flexibility index (Phi) is 24.0. The van der Waals surface area contributed by atoms with Crippen LogP contribution in [0.3, 0.4) is 0 Å². The fourth-order valence-corrected chi connectivity index (χ4v) is 3.74. The first-order valence-corrected chi connectivity index (χ1v) is 13.3. The predicted molar refractivity (Wildman–Crippen MR) is 144 cm³/mol. The van der Waals surface area contributed by atoms with Crippen molar-refractivity contribution in [1.29, 1.82) is 0 Å². The second-order valence-electron chi connectivity index (χ2n) is 8.75. The van der Waals surface area contributed by atoms with Crippen LogP contribution < -0.4 is 5.73 Å². The van der Waals surface area contributed by atoms with Gasteiger partial charge in [0.25, 0.3) is 0 Å². The van der Waals surface area contributed by atoms with Gasteiger partial charge in [-0.2, -0.15) is 0 Å². The fraction of sp³-hybridized carbons (Fsp3) is 0.633. The van der Waals surface area contributed by atoms with Gasteiger partial charge >= 0.3 is 0 Å². The highest BCUT2D eigenvalue weighted by Gasteiger charge is 2.11. The van der Waals surface area contributed by atoms with Crippen molar-refractivity contribution in [3.8, 4) is 0 Å². The largest absolute Gasteiger partial charge is 0.369 e. The molecule has 0 aliphatic rings. The van der Waals surface area contributed by atoms with Gasteiger partial charge in [0.2, 0.25) is 5.91 Å². The molecule has 0 aliphatic heterocycles. The topological polar surface area (TPSA) is 43.1 Å². The van der Waals surface area contributed by atoms with Gasteiger partial charge in [-0.1, -0.05) is 145 Å². The zero-order valence-corrected chi connectivity index (χ0v) is 21.2. The van der Waals surface area contributed by atoms with Gasteiger partial charge in [0.1, 0.15) is 0 Å². The van der Waals surface area contributed by atoms with Crippen molar-refractivity contribution < 1.29 is 4.79 Å². The van der Waals surface area contributed by atoms with Crippen molar-refractivity contribution in [1.82, 2.24) is 0 Å². The minimum atomic E-state index is -0.121. The van der Waals surface area contributed by atoms with Crippen LogP contribution in [0.2, 0.25) is 0 Å². The standard InChI is InChI=1S/C30H51NO/c1-3-5-6-7-8-9-10-11-12-13-14-15-16-17-18-19-20-21-22-23-24-25-26-27-28-29(4-2)30(31)32/h5-14,29H,3-4,15-28H2,1-2H3,(H2,31,32)/b6-5+,8-7+,10-9+,12-11+,14-13+. The Labute approximate surface area is 199 Å². The molecule has 0 radical (unpaired) electrons. The van der Waals surface area contributed by atoms with Crippen molar-refractivity contribution in [2.75, 3.05) is 0 Å². The highest BCUT2D eigenvalue weighted by atomic mass is 16.1. The maximum Gasteiger partial charge on any atom is 0.220 e. The monoisotopic (exact) mass is 441 g/mol. The third-order valence-electron chi connectivity index (χ3n) is 5.85. The van der Waals surface area contributed by atoms with Gasteiger partial charge in [-0.25, -0.2) is 0 Å². The number of carbonyl (C=O) groups is 1. The number of unbranched alkanes of at least 4 members (excludes halogenated alkanes) is 12. The Balaban J connectivity index is 3.34. The van der Waals surface area contributed by atoms with Crippen LogP contribution in [0.15, 0.2) is 60.8 Å². The average Bonchev–Trinajstić information content (AvgIpc) is 2.79. The average molecular weight is 442 g/mol. The zero-order valence-electron chi connectivity index (χ0n) is 21.2. The minimum absolute atomic E-state index is 0.0936. The number of hydrogen-bond acceptors (Lipinski definition) is 1. The molecule has 1 amide bonds. The lowest BCUT2D eigenvalue weighted by atomic mass is 9.97. The molecule has 1 unspecified atom stereocenters. The fourth-order valence-electron chi connectivity index (χ4n) is 3.74. The number of carbonyl (C=O) groups excluding carboxylic acids is 1. The van der Waals surface area contributed by atoms with E-state index in [0.717, 1.165) is 25.7 Å². The molecule has 0 aromatic heterocycles. The molecule has 2 heteroatoms. The van der Waals surface area contributed by atoms with Crippen LogP contribution in [0.1, 0.15) is 117 Å². The third-order valence-corrected chi connectivity index (χ3v) is 5.85. The summed E-state index contributed by atoms with van der Waals surface area (Å²) in [7, 11) is 0. The van der Waals surface area contributed by atoms with Crippen LogP contribution in [0.25, 0.3) is 0 Å². The Morgan fingerprint density at radius 1 is 0.594 bits per heavy atom. The van der Waals surface area contributed by atoms with Crippen LogP contribution in [0.5, 0.6) is 0 Å². The second kappa shape index (κ2) is 25.4. The predicted octanol–water partition coefficient (Wildman–Crippen LogP) is 9.15. The lowest BCUT2D eigenvalue weighted by Gasteiger charge is -2.09. The summed E-state index contributed by atoms with van der Waals surface area (Å²) >= 11 is 0. The quantitative estimate of drug-likeness (QED) is 0.132. The molecule has 182 valence electrons. The molecule has 0 aromatic rings. The molecule has 32 heavy (non-hydrogen) atoms. The molecular weight excluding hydrogens is 390 g/mol. The van der Waals surface area contributed by atoms with E-state index in [4.69, 9.17) is 5.73 Å². The maximum atomic E-state index is 11.2. The Morgan fingerprint density at radius 2 is 1.00 bits per heavy atom. The summed E-state index contributed by atoms with van der Waals surface area (Å²) in [6.45, 7) is 4.19. The van der Waals surface area contributed by atoms with Crippen molar-refractivity contribution in [3.63, 3.8) is 0 Å². The van der Waals surface area contributed by atoms with E-state index in [1.54, 1.807) is 0 Å². The number of primary amides is 1. The van der Waals surface area contributed by atoms with E-state index in [9.17, 15) is 4.79 Å². The van der Waals surface area contributed by atoms with Crippen LogP contribution in [-0.2, 0) is 4.79 Å². The lowest BCUT2D eigenvalue weighted by Crippen LogP contribution is -2.22. The molecule has 2 N–H and O–H groups in total. The Hall–Kier alpha value is -1.83. The van der Waals surface area contributed by atoms with Crippen LogP contribution >= 0.6 is 0 Å². The molecule has 0 aliphatic carbocycles. The summed E-state index contributed by atoms with van der Waals surface area (Å²) in [4.78, 5) is 11.2. The van der Waals surface area contributed by atoms with E-state index in [0.29, 0.717) is 0 Å². The lowest BCUT2D eigenvalue weighted by molar-refractivity contribution is -0.122. The van der Waals surface area contributed by atoms with Gasteiger partial charge in [-0.15, -0.1) is 0 Å². The van der Waals surface area contributed by atoms with Crippen LogP contribution in [-0.4, -0.2) is 5.91 Å². The number of allylic oxidation sites excluding steroid dienone is 10. The van der Waals surface area contributed by atoms with Crippen LogP contribution in [0.4, 0.5) is 0 Å². The van der Waals surface area contributed by atoms with Crippen molar-refractivity contribution in [2.24, 2.45) is 11.7 Å². The first-order valence-electron chi connectivity index (χ1n) is 13.3. The number of hydrogen-bond donors (Lipinski definition) is 1. The first kappa shape index (κ1) is 30.2. The first-order chi connectivity index (χ1) is 15.7. The highest BCUT2D eigenvalue weighted by Crippen LogP contribution is 2.16. The summed E-state index contributed by atoms with van der Waals surface area (Å²) in [6, 6.07) is 0. The van der Waals surface area contributed by atoms with Gasteiger partial charge in [0.15, 0.2) is 0 Å². The Bertz CT molecular complexity index is 553. The molecule has 0 saturated carbocycles. The van der Waals surface area contributed by atoms with Crippen molar-refractivity contribution in [3.05, 3.63) is 60.8 Å². The third kappa shape index (κ3) is 22.8. The molecule has 0 bridgehead atoms. The number of rotatable bonds is 22. The summed E-state index contributed by atoms with van der Waals surface area (Å²) in [5, 5.41) is 0. The van der Waals surface area contributed by atoms with E-state index >= 15 is 0 Å². The summed E-state index contributed by atoms with van der Waals surface area (Å²) in [6.07, 6.45) is 41.2. The van der Waals surface area contributed by atoms with Gasteiger partial charge in [-0.05, 0) is 32.1 Å². The molecule has 0 saturated heterocycles. The maximum absolute atomic E-state index is 11.2. The Morgan fingerprint density at radius 3 is 1.44 bits per heavy atom. The summed E-state index contributed by atoms with van der Waals surface area (Å²) in [5.41, 5.74) is 5.40. The normalized spacial score (nSPS) is 13.6. The van der Waals surface area contributed by atoms with E-state index in [1.807, 2.05) is 0 Å². The molecule has 1 atom stereocenters. The van der Waals surface area contributed by atoms with Gasteiger partial charge in [-0.3, -0.25) is 4.79 Å². The molecule has 0 rings (SSSR count). The van der Waals surface area contributed by atoms with E-state index < -0.39 is 0 Å². The summed E-state index contributed by atoms with van der Waals surface area (Å²) < 4.78 is 0. The molecule has 0 aromatic carbocycles. The van der Waals surface area contributed by atoms with E-state index in [-0.39, 0.29) is 11.8 Å². The summed E-state index contributed by atoms with van der Waals surface area (Å²) in [5.74, 6) is -0.0275. The highest BCUT2D eigenvalue weighted by molar-refractivity contribution is 5.76. The van der Waals surface area contributed by atoms with E-state index in [2.05, 4.69) is 74.6 Å². The minimum Gasteiger partial charge on any atom is -0.369 e. The van der Waals surface area contributed by atoms with Gasteiger partial charge in [0.05, 0.1) is 0 Å². The smallest absolute Gasteiger partial charge is 0.220 e. The van der Waals surface area contributed by atoms with Crippen molar-refractivity contribution >= 4 is 5.91 Å². The molecular formula is C30H51NO. The van der Waals surface area contributed by atoms with Gasteiger partial charge < -0.3 is 5.73 Å².